The normalized spacial score (nSPS) is 12.0. The molecule has 0 aromatic heterocycles. The number of halogens is 1. The molecular weight excluding hydrogens is 350 g/mol. The van der Waals surface area contributed by atoms with Crippen LogP contribution in [0.15, 0.2) is 60.7 Å². The quantitative estimate of drug-likeness (QED) is 0.643. The van der Waals surface area contributed by atoms with Gasteiger partial charge in [-0.15, -0.1) is 12.4 Å². The zero-order chi connectivity index (χ0) is 18.1. The van der Waals surface area contributed by atoms with Crippen molar-refractivity contribution in [3.63, 3.8) is 0 Å². The number of aliphatic hydroxyl groups excluding tert-OH is 1. The molecule has 1 N–H and O–H groups in total. The van der Waals surface area contributed by atoms with E-state index in [2.05, 4.69) is 30.9 Å². The van der Waals surface area contributed by atoms with Crippen LogP contribution in [0.25, 0.3) is 0 Å². The number of carbonyl (C=O) groups excluding carboxylic acids is 1. The summed E-state index contributed by atoms with van der Waals surface area (Å²) >= 11 is 0. The number of ether oxygens (including phenoxy) is 1. The standard InChI is InChI=1S/C21H27NO3.ClH/c1-17(2)22(13-18-9-5-3-6-10-18)14-20(23)15-25-16-21(24)19-11-7-4-8-12-19;/h3-12,17,20,23H,13-16H2,1-2H3;1H. The third-order valence-corrected chi connectivity index (χ3v) is 4.04. The number of aliphatic hydroxyl groups is 1. The van der Waals surface area contributed by atoms with E-state index in [0.29, 0.717) is 18.2 Å². The topological polar surface area (TPSA) is 49.8 Å². The summed E-state index contributed by atoms with van der Waals surface area (Å²) in [5.74, 6) is -0.0715. The molecule has 0 aliphatic rings. The summed E-state index contributed by atoms with van der Waals surface area (Å²) in [5, 5.41) is 10.3. The molecule has 1 atom stereocenters. The first-order valence-electron chi connectivity index (χ1n) is 8.68. The summed E-state index contributed by atoms with van der Waals surface area (Å²) < 4.78 is 5.42. The lowest BCUT2D eigenvalue weighted by Gasteiger charge is -2.28. The fourth-order valence-corrected chi connectivity index (χ4v) is 2.59. The molecule has 2 aromatic rings. The molecule has 0 saturated carbocycles. The van der Waals surface area contributed by atoms with Crippen LogP contribution in [0, 0.1) is 0 Å². The van der Waals surface area contributed by atoms with Gasteiger partial charge >= 0.3 is 0 Å². The zero-order valence-corrected chi connectivity index (χ0v) is 16.2. The van der Waals surface area contributed by atoms with E-state index < -0.39 is 6.10 Å². The van der Waals surface area contributed by atoms with E-state index >= 15 is 0 Å². The third-order valence-electron chi connectivity index (χ3n) is 4.04. The lowest BCUT2D eigenvalue weighted by atomic mass is 10.1. The molecule has 0 amide bonds. The van der Waals surface area contributed by atoms with E-state index in [1.54, 1.807) is 12.1 Å². The highest BCUT2D eigenvalue weighted by atomic mass is 35.5. The van der Waals surface area contributed by atoms with Gasteiger partial charge in [-0.25, -0.2) is 0 Å². The Bertz CT molecular complexity index is 634. The SMILES string of the molecule is CC(C)N(Cc1ccccc1)CC(O)COCC(=O)c1ccccc1.Cl. The molecule has 26 heavy (non-hydrogen) atoms. The van der Waals surface area contributed by atoms with Crippen molar-refractivity contribution in [2.75, 3.05) is 19.8 Å². The fraction of sp³-hybridized carbons (Fsp3) is 0.381. The van der Waals surface area contributed by atoms with Crippen molar-refractivity contribution >= 4 is 18.2 Å². The van der Waals surface area contributed by atoms with Crippen molar-refractivity contribution in [3.8, 4) is 0 Å². The molecule has 5 heteroatoms. The highest BCUT2D eigenvalue weighted by Crippen LogP contribution is 2.09. The molecule has 0 bridgehead atoms. The second kappa shape index (κ2) is 11.8. The smallest absolute Gasteiger partial charge is 0.188 e. The molecule has 142 valence electrons. The Morgan fingerprint density at radius 1 is 1.04 bits per heavy atom. The van der Waals surface area contributed by atoms with E-state index in [1.807, 2.05) is 36.4 Å². The molecule has 0 aliphatic heterocycles. The minimum absolute atomic E-state index is 0. The van der Waals surface area contributed by atoms with Gasteiger partial charge in [-0.1, -0.05) is 60.7 Å². The number of hydrogen-bond acceptors (Lipinski definition) is 4. The van der Waals surface area contributed by atoms with Crippen LogP contribution in [0.4, 0.5) is 0 Å². The summed E-state index contributed by atoms with van der Waals surface area (Å²) in [4.78, 5) is 14.2. The minimum atomic E-state index is -0.630. The first-order chi connectivity index (χ1) is 12.1. The number of benzene rings is 2. The predicted octanol–water partition coefficient (Wildman–Crippen LogP) is 3.58. The Hall–Kier alpha value is -1.72. The molecule has 4 nitrogen and oxygen atoms in total. The number of rotatable bonds is 10. The van der Waals surface area contributed by atoms with Gasteiger partial charge in [-0.2, -0.15) is 0 Å². The van der Waals surface area contributed by atoms with Crippen LogP contribution in [0.1, 0.15) is 29.8 Å². The molecule has 2 aromatic carbocycles. The maximum absolute atomic E-state index is 12.0. The van der Waals surface area contributed by atoms with Crippen molar-refractivity contribution < 1.29 is 14.6 Å². The Labute approximate surface area is 162 Å². The first kappa shape index (κ1) is 22.3. The second-order valence-electron chi connectivity index (χ2n) is 6.47. The highest BCUT2D eigenvalue weighted by Gasteiger charge is 2.16. The summed E-state index contributed by atoms with van der Waals surface area (Å²) in [6, 6.07) is 19.5. The maximum atomic E-state index is 12.0. The Morgan fingerprint density at radius 3 is 2.19 bits per heavy atom. The number of carbonyl (C=O) groups is 1. The van der Waals surface area contributed by atoms with Crippen LogP contribution in [0.3, 0.4) is 0 Å². The molecule has 0 aliphatic carbocycles. The lowest BCUT2D eigenvalue weighted by molar-refractivity contribution is 0.0117. The van der Waals surface area contributed by atoms with Crippen molar-refractivity contribution in [2.45, 2.75) is 32.5 Å². The molecule has 0 fully saturated rings. The van der Waals surface area contributed by atoms with E-state index in [9.17, 15) is 9.90 Å². The van der Waals surface area contributed by atoms with Crippen LogP contribution in [0.5, 0.6) is 0 Å². The minimum Gasteiger partial charge on any atom is -0.389 e. The molecule has 0 saturated heterocycles. The van der Waals surface area contributed by atoms with Crippen molar-refractivity contribution in [1.82, 2.24) is 4.90 Å². The Kier molecular flexibility index (Phi) is 10.1. The maximum Gasteiger partial charge on any atom is 0.188 e. The number of nitrogens with zero attached hydrogens (tertiary/aromatic N) is 1. The van der Waals surface area contributed by atoms with Gasteiger partial charge in [0.25, 0.3) is 0 Å². The van der Waals surface area contributed by atoms with E-state index in [1.165, 1.54) is 5.56 Å². The average Bonchev–Trinajstić information content (AvgIpc) is 2.62. The van der Waals surface area contributed by atoms with Crippen LogP contribution >= 0.6 is 12.4 Å². The lowest BCUT2D eigenvalue weighted by Crippen LogP contribution is -2.39. The predicted molar refractivity (Wildman–Crippen MR) is 107 cm³/mol. The summed E-state index contributed by atoms with van der Waals surface area (Å²) in [6.07, 6.45) is -0.630. The largest absolute Gasteiger partial charge is 0.389 e. The molecular formula is C21H28ClNO3. The van der Waals surface area contributed by atoms with Crippen LogP contribution in [-0.2, 0) is 11.3 Å². The van der Waals surface area contributed by atoms with Gasteiger partial charge in [0.15, 0.2) is 5.78 Å². The van der Waals surface area contributed by atoms with Crippen molar-refractivity contribution in [1.29, 1.82) is 0 Å². The van der Waals surface area contributed by atoms with Crippen molar-refractivity contribution in [3.05, 3.63) is 71.8 Å². The molecule has 0 radical (unpaired) electrons. The molecule has 2 rings (SSSR count). The summed E-state index contributed by atoms with van der Waals surface area (Å²) in [7, 11) is 0. The van der Waals surface area contributed by atoms with Crippen LogP contribution in [-0.4, -0.2) is 47.7 Å². The number of Topliss-reactive ketones (excluding diaryl/α,β-unsaturated/α-hetero) is 1. The van der Waals surface area contributed by atoms with Gasteiger partial charge in [-0.3, -0.25) is 9.69 Å². The monoisotopic (exact) mass is 377 g/mol. The molecule has 0 heterocycles. The molecule has 1 unspecified atom stereocenters. The van der Waals surface area contributed by atoms with Gasteiger partial charge in [0, 0.05) is 24.7 Å². The van der Waals surface area contributed by atoms with E-state index in [0.717, 1.165) is 6.54 Å². The second-order valence-corrected chi connectivity index (χ2v) is 6.47. The van der Waals surface area contributed by atoms with Gasteiger partial charge in [0.2, 0.25) is 0 Å². The average molecular weight is 378 g/mol. The highest BCUT2D eigenvalue weighted by molar-refractivity contribution is 5.96. The summed E-state index contributed by atoms with van der Waals surface area (Å²) in [6.45, 7) is 5.63. The number of ketones is 1. The van der Waals surface area contributed by atoms with Gasteiger partial charge in [0.1, 0.15) is 6.61 Å². The fourth-order valence-electron chi connectivity index (χ4n) is 2.59. The Balaban J connectivity index is 0.00000338. The first-order valence-corrected chi connectivity index (χ1v) is 8.68. The van der Waals surface area contributed by atoms with E-state index in [-0.39, 0.29) is 31.4 Å². The zero-order valence-electron chi connectivity index (χ0n) is 15.4. The van der Waals surface area contributed by atoms with Gasteiger partial charge in [0.05, 0.1) is 12.7 Å². The van der Waals surface area contributed by atoms with Gasteiger partial charge < -0.3 is 9.84 Å². The van der Waals surface area contributed by atoms with Crippen molar-refractivity contribution in [2.24, 2.45) is 0 Å². The van der Waals surface area contributed by atoms with Crippen LogP contribution in [0.2, 0.25) is 0 Å². The van der Waals surface area contributed by atoms with Gasteiger partial charge in [-0.05, 0) is 19.4 Å². The Morgan fingerprint density at radius 2 is 1.62 bits per heavy atom. The summed E-state index contributed by atoms with van der Waals surface area (Å²) in [5.41, 5.74) is 1.84. The van der Waals surface area contributed by atoms with Crippen LogP contribution < -0.4 is 0 Å². The third kappa shape index (κ3) is 7.67. The number of hydrogen-bond donors (Lipinski definition) is 1. The molecule has 0 spiro atoms. The van der Waals surface area contributed by atoms with E-state index in [4.69, 9.17) is 4.74 Å².